The van der Waals surface area contributed by atoms with Crippen molar-refractivity contribution in [1.29, 1.82) is 0 Å². The van der Waals surface area contributed by atoms with Gasteiger partial charge in [-0.15, -0.1) is 0 Å². The van der Waals surface area contributed by atoms with Crippen LogP contribution in [0.4, 0.5) is 14.6 Å². The summed E-state index contributed by atoms with van der Waals surface area (Å²) in [7, 11) is 0. The van der Waals surface area contributed by atoms with Gasteiger partial charge in [0.1, 0.15) is 17.4 Å². The molecule has 0 saturated heterocycles. The van der Waals surface area contributed by atoms with E-state index in [-0.39, 0.29) is 17.2 Å². The van der Waals surface area contributed by atoms with Gasteiger partial charge in [-0.3, -0.25) is 4.79 Å². The molecule has 0 fully saturated rings. The lowest BCUT2D eigenvalue weighted by atomic mass is 10.1. The summed E-state index contributed by atoms with van der Waals surface area (Å²) in [6.07, 6.45) is 1.54. The Kier molecular flexibility index (Phi) is 5.59. The number of ether oxygens (including phenoxy) is 1. The molecule has 1 amide bonds. The van der Waals surface area contributed by atoms with Gasteiger partial charge in [0.15, 0.2) is 11.6 Å². The number of amides is 1. The van der Waals surface area contributed by atoms with E-state index in [2.05, 4.69) is 10.3 Å². The van der Waals surface area contributed by atoms with Gasteiger partial charge in [-0.05, 0) is 45.0 Å². The average Bonchev–Trinajstić information content (AvgIpc) is 3.09. The van der Waals surface area contributed by atoms with E-state index in [9.17, 15) is 13.6 Å². The van der Waals surface area contributed by atoms with Gasteiger partial charge in [0.25, 0.3) is 5.91 Å². The monoisotopic (exact) mass is 423 g/mol. The molecule has 1 aliphatic rings. The Bertz CT molecular complexity index is 1130. The van der Waals surface area contributed by atoms with Crippen molar-refractivity contribution in [3.8, 4) is 11.5 Å². The van der Waals surface area contributed by atoms with Gasteiger partial charge in [0, 0.05) is 35.5 Å². The van der Waals surface area contributed by atoms with Crippen LogP contribution in [-0.4, -0.2) is 22.3 Å². The van der Waals surface area contributed by atoms with E-state index in [1.54, 1.807) is 36.2 Å². The number of benzene rings is 2. The molecular weight excluding hydrogens is 400 g/mol. The normalized spacial score (nSPS) is 13.8. The molecular formula is C24H23F2N3O2. The van der Waals surface area contributed by atoms with Gasteiger partial charge in [0.2, 0.25) is 0 Å². The predicted molar refractivity (Wildman–Crippen MR) is 114 cm³/mol. The molecule has 160 valence electrons. The summed E-state index contributed by atoms with van der Waals surface area (Å²) in [4.78, 5) is 18.4. The standard InChI is InChI=1S/C24H23F2N3O2/c1-4-29-13-19-17(24(29)30)9-10-27-23(19)28-15(3)18-11-21(26)22(12-20(18)25)31-16-7-5-14(2)6-8-16/h5-12,15H,4,13H2,1-3H3,(H,27,28). The average molecular weight is 423 g/mol. The molecule has 4 rings (SSSR count). The first-order valence-electron chi connectivity index (χ1n) is 10.1. The molecule has 1 N–H and O–H groups in total. The molecule has 1 unspecified atom stereocenters. The van der Waals surface area contributed by atoms with Gasteiger partial charge in [-0.1, -0.05) is 17.7 Å². The lowest BCUT2D eigenvalue weighted by molar-refractivity contribution is 0.0787. The third-order valence-electron chi connectivity index (χ3n) is 5.42. The lowest BCUT2D eigenvalue weighted by Gasteiger charge is -2.19. The minimum Gasteiger partial charge on any atom is -0.454 e. The fraction of sp³-hybridized carbons (Fsp3) is 0.250. The molecule has 0 bridgehead atoms. The fourth-order valence-corrected chi connectivity index (χ4v) is 3.64. The summed E-state index contributed by atoms with van der Waals surface area (Å²) in [5, 5.41) is 3.13. The molecule has 0 spiro atoms. The first-order valence-corrected chi connectivity index (χ1v) is 10.1. The smallest absolute Gasteiger partial charge is 0.254 e. The molecule has 2 heterocycles. The van der Waals surface area contributed by atoms with Gasteiger partial charge in [-0.2, -0.15) is 0 Å². The van der Waals surface area contributed by atoms with E-state index in [0.717, 1.165) is 23.3 Å². The number of fused-ring (bicyclic) bond motifs is 1. The van der Waals surface area contributed by atoms with E-state index >= 15 is 0 Å². The van der Waals surface area contributed by atoms with Crippen LogP contribution in [0.2, 0.25) is 0 Å². The SMILES string of the molecule is CCN1Cc2c(ccnc2NC(C)c2cc(F)c(Oc3ccc(C)cc3)cc2F)C1=O. The Hall–Kier alpha value is -3.48. The number of aromatic nitrogens is 1. The Morgan fingerprint density at radius 1 is 1.16 bits per heavy atom. The van der Waals surface area contributed by atoms with Crippen molar-refractivity contribution in [3.05, 3.63) is 82.5 Å². The zero-order chi connectivity index (χ0) is 22.1. The quantitative estimate of drug-likeness (QED) is 0.560. The van der Waals surface area contributed by atoms with Gasteiger partial charge in [0.05, 0.1) is 12.6 Å². The molecule has 1 aliphatic heterocycles. The number of hydrogen-bond acceptors (Lipinski definition) is 4. The maximum Gasteiger partial charge on any atom is 0.254 e. The number of rotatable bonds is 6. The summed E-state index contributed by atoms with van der Waals surface area (Å²) in [6.45, 7) is 6.58. The van der Waals surface area contributed by atoms with Crippen molar-refractivity contribution in [2.24, 2.45) is 0 Å². The third-order valence-corrected chi connectivity index (χ3v) is 5.42. The highest BCUT2D eigenvalue weighted by Crippen LogP contribution is 2.33. The number of aryl methyl sites for hydroxylation is 1. The third kappa shape index (κ3) is 4.08. The van der Waals surface area contributed by atoms with E-state index < -0.39 is 17.7 Å². The van der Waals surface area contributed by atoms with Crippen molar-refractivity contribution >= 4 is 11.7 Å². The first kappa shape index (κ1) is 20.8. The molecule has 0 saturated carbocycles. The lowest BCUT2D eigenvalue weighted by Crippen LogP contribution is -2.22. The van der Waals surface area contributed by atoms with Crippen LogP contribution in [0.3, 0.4) is 0 Å². The molecule has 5 nitrogen and oxygen atoms in total. The number of nitrogens with one attached hydrogen (secondary N) is 1. The Balaban J connectivity index is 1.56. The van der Waals surface area contributed by atoms with E-state index in [1.165, 1.54) is 0 Å². The minimum atomic E-state index is -0.663. The van der Waals surface area contributed by atoms with E-state index in [4.69, 9.17) is 4.74 Å². The molecule has 0 aliphatic carbocycles. The highest BCUT2D eigenvalue weighted by atomic mass is 19.1. The highest BCUT2D eigenvalue weighted by Gasteiger charge is 2.29. The van der Waals surface area contributed by atoms with Gasteiger partial charge >= 0.3 is 0 Å². The Morgan fingerprint density at radius 3 is 2.61 bits per heavy atom. The van der Waals surface area contributed by atoms with Crippen molar-refractivity contribution in [1.82, 2.24) is 9.88 Å². The van der Waals surface area contributed by atoms with Crippen LogP contribution >= 0.6 is 0 Å². The summed E-state index contributed by atoms with van der Waals surface area (Å²) in [5.74, 6) is -0.566. The van der Waals surface area contributed by atoms with Crippen LogP contribution in [0.15, 0.2) is 48.7 Å². The second-order valence-corrected chi connectivity index (χ2v) is 7.59. The predicted octanol–water partition coefficient (Wildman–Crippen LogP) is 5.61. The fourth-order valence-electron chi connectivity index (χ4n) is 3.64. The number of anilines is 1. The number of carbonyl (C=O) groups excluding carboxylic acids is 1. The van der Waals surface area contributed by atoms with Crippen LogP contribution in [0, 0.1) is 18.6 Å². The number of carbonyl (C=O) groups is 1. The topological polar surface area (TPSA) is 54.5 Å². The van der Waals surface area contributed by atoms with Crippen LogP contribution in [0.5, 0.6) is 11.5 Å². The molecule has 3 aromatic rings. The van der Waals surface area contributed by atoms with Crippen LogP contribution in [-0.2, 0) is 6.54 Å². The van der Waals surface area contributed by atoms with Crippen molar-refractivity contribution in [3.63, 3.8) is 0 Å². The first-order chi connectivity index (χ1) is 14.9. The number of halogens is 2. The molecule has 1 aromatic heterocycles. The van der Waals surface area contributed by atoms with Crippen LogP contribution in [0.1, 0.15) is 46.9 Å². The zero-order valence-electron chi connectivity index (χ0n) is 17.6. The molecule has 7 heteroatoms. The number of nitrogens with zero attached hydrogens (tertiary/aromatic N) is 2. The van der Waals surface area contributed by atoms with Crippen molar-refractivity contribution in [2.75, 3.05) is 11.9 Å². The summed E-state index contributed by atoms with van der Waals surface area (Å²) in [5.41, 5.74) is 2.53. The summed E-state index contributed by atoms with van der Waals surface area (Å²) < 4.78 is 35.0. The minimum absolute atomic E-state index is 0.0505. The second kappa shape index (κ2) is 8.34. The van der Waals surface area contributed by atoms with Crippen molar-refractivity contribution in [2.45, 2.75) is 33.4 Å². The molecule has 1 atom stereocenters. The maximum absolute atomic E-state index is 14.8. The molecule has 2 aromatic carbocycles. The van der Waals surface area contributed by atoms with Crippen molar-refractivity contribution < 1.29 is 18.3 Å². The second-order valence-electron chi connectivity index (χ2n) is 7.59. The largest absolute Gasteiger partial charge is 0.454 e. The summed E-state index contributed by atoms with van der Waals surface area (Å²) in [6, 6.07) is 10.4. The highest BCUT2D eigenvalue weighted by molar-refractivity contribution is 5.99. The summed E-state index contributed by atoms with van der Waals surface area (Å²) >= 11 is 0. The van der Waals surface area contributed by atoms with E-state index in [1.807, 2.05) is 26.0 Å². The van der Waals surface area contributed by atoms with Crippen LogP contribution in [0.25, 0.3) is 0 Å². The van der Waals surface area contributed by atoms with Gasteiger partial charge < -0.3 is 15.0 Å². The maximum atomic E-state index is 14.8. The van der Waals surface area contributed by atoms with Gasteiger partial charge in [-0.25, -0.2) is 13.8 Å². The molecule has 0 radical (unpaired) electrons. The zero-order valence-corrected chi connectivity index (χ0v) is 17.6. The number of pyridine rings is 1. The Labute approximate surface area is 179 Å². The Morgan fingerprint density at radius 2 is 1.90 bits per heavy atom. The van der Waals surface area contributed by atoms with E-state index in [0.29, 0.717) is 30.2 Å². The molecule has 31 heavy (non-hydrogen) atoms. The number of hydrogen-bond donors (Lipinski definition) is 1. The van der Waals surface area contributed by atoms with Crippen LogP contribution < -0.4 is 10.1 Å².